The van der Waals surface area contributed by atoms with Gasteiger partial charge in [-0.05, 0) is 17.7 Å². The molecule has 0 saturated heterocycles. The van der Waals surface area contributed by atoms with Gasteiger partial charge in [-0.2, -0.15) is 0 Å². The van der Waals surface area contributed by atoms with Crippen LogP contribution in [0, 0.1) is 0 Å². The van der Waals surface area contributed by atoms with E-state index in [2.05, 4.69) is 15.6 Å². The van der Waals surface area contributed by atoms with Crippen molar-refractivity contribution >= 4 is 5.84 Å². The smallest absolute Gasteiger partial charge is 0.173 e. The molecule has 2 rings (SSSR count). The van der Waals surface area contributed by atoms with Crippen molar-refractivity contribution in [3.05, 3.63) is 47.3 Å². The molecule has 0 aliphatic carbocycles. The molecule has 2 aromatic rings. The fourth-order valence-corrected chi connectivity index (χ4v) is 1.78. The fourth-order valence-electron chi connectivity index (χ4n) is 1.78. The Labute approximate surface area is 116 Å². The van der Waals surface area contributed by atoms with E-state index in [1.165, 1.54) is 13.4 Å². The second kappa shape index (κ2) is 6.58. The molecule has 0 amide bonds. The Bertz CT molecular complexity index is 581. The van der Waals surface area contributed by atoms with Gasteiger partial charge < -0.3 is 25.5 Å². The van der Waals surface area contributed by atoms with Crippen LogP contribution in [0.3, 0.4) is 0 Å². The van der Waals surface area contributed by atoms with E-state index >= 15 is 0 Å². The molecule has 7 heteroatoms. The second-order valence-corrected chi connectivity index (χ2v) is 4.11. The number of aromatic nitrogens is 1. The number of methoxy groups -OCH3 is 1. The van der Waals surface area contributed by atoms with Gasteiger partial charge in [0.05, 0.1) is 18.4 Å². The standard InChI is InChI=1S/C13H16N4O3/c1-19-12-3-2-9(6-11(12)13(14)16-18)7-15-8-10-4-5-20-17-10/h2-6,15,18H,7-8H2,1H3,(H2,14,16). The topological polar surface area (TPSA) is 106 Å². The number of nitrogens with one attached hydrogen (secondary N) is 1. The Morgan fingerprint density at radius 1 is 1.45 bits per heavy atom. The minimum absolute atomic E-state index is 0.0141. The number of oxime groups is 1. The van der Waals surface area contributed by atoms with E-state index in [9.17, 15) is 0 Å². The van der Waals surface area contributed by atoms with Crippen molar-refractivity contribution in [1.82, 2.24) is 10.5 Å². The molecule has 0 atom stereocenters. The van der Waals surface area contributed by atoms with Gasteiger partial charge in [0.1, 0.15) is 12.0 Å². The summed E-state index contributed by atoms with van der Waals surface area (Å²) in [6.45, 7) is 1.21. The molecule has 1 aromatic heterocycles. The first-order valence-electron chi connectivity index (χ1n) is 5.99. The van der Waals surface area contributed by atoms with Crippen LogP contribution in [0.1, 0.15) is 16.8 Å². The Kier molecular flexibility index (Phi) is 4.56. The zero-order valence-electron chi connectivity index (χ0n) is 11.0. The Morgan fingerprint density at radius 2 is 2.30 bits per heavy atom. The molecular formula is C13H16N4O3. The number of rotatable bonds is 6. The van der Waals surface area contributed by atoms with Gasteiger partial charge >= 0.3 is 0 Å². The molecule has 20 heavy (non-hydrogen) atoms. The first-order valence-corrected chi connectivity index (χ1v) is 5.99. The normalized spacial score (nSPS) is 11.6. The third-order valence-electron chi connectivity index (χ3n) is 2.77. The van der Waals surface area contributed by atoms with Crippen molar-refractivity contribution in [2.75, 3.05) is 7.11 Å². The zero-order chi connectivity index (χ0) is 14.4. The summed E-state index contributed by atoms with van der Waals surface area (Å²) in [5.74, 6) is 0.570. The molecule has 0 fully saturated rings. The van der Waals surface area contributed by atoms with E-state index in [1.807, 2.05) is 12.1 Å². The lowest BCUT2D eigenvalue weighted by molar-refractivity contribution is 0.318. The molecule has 4 N–H and O–H groups in total. The number of hydrogen-bond donors (Lipinski definition) is 3. The SMILES string of the molecule is COc1ccc(CNCc2ccon2)cc1/C(N)=N/O. The predicted octanol–water partition coefficient (Wildman–Crippen LogP) is 1.07. The average molecular weight is 276 g/mol. The highest BCUT2D eigenvalue weighted by Gasteiger charge is 2.09. The van der Waals surface area contributed by atoms with Crippen molar-refractivity contribution in [3.8, 4) is 5.75 Å². The highest BCUT2D eigenvalue weighted by atomic mass is 16.5. The Morgan fingerprint density at radius 3 is 2.95 bits per heavy atom. The summed E-state index contributed by atoms with van der Waals surface area (Å²) in [7, 11) is 1.53. The molecule has 7 nitrogen and oxygen atoms in total. The monoisotopic (exact) mass is 276 g/mol. The van der Waals surface area contributed by atoms with E-state index < -0.39 is 0 Å². The maximum atomic E-state index is 8.77. The molecule has 0 aliphatic heterocycles. The van der Waals surface area contributed by atoms with Crippen LogP contribution in [-0.4, -0.2) is 23.3 Å². The van der Waals surface area contributed by atoms with Crippen molar-refractivity contribution in [2.45, 2.75) is 13.1 Å². The quantitative estimate of drug-likeness (QED) is 0.315. The van der Waals surface area contributed by atoms with E-state index in [0.29, 0.717) is 24.4 Å². The molecule has 1 aromatic carbocycles. The van der Waals surface area contributed by atoms with Crippen molar-refractivity contribution in [2.24, 2.45) is 10.9 Å². The van der Waals surface area contributed by atoms with Gasteiger partial charge in [-0.1, -0.05) is 16.4 Å². The van der Waals surface area contributed by atoms with Crippen molar-refractivity contribution in [1.29, 1.82) is 0 Å². The maximum Gasteiger partial charge on any atom is 0.173 e. The van der Waals surface area contributed by atoms with Gasteiger partial charge in [0.2, 0.25) is 0 Å². The summed E-state index contributed by atoms with van der Waals surface area (Å²) in [5.41, 5.74) is 7.99. The molecule has 106 valence electrons. The van der Waals surface area contributed by atoms with Crippen LogP contribution in [0.4, 0.5) is 0 Å². The van der Waals surface area contributed by atoms with E-state index in [1.54, 1.807) is 12.1 Å². The van der Waals surface area contributed by atoms with Crippen LogP contribution >= 0.6 is 0 Å². The van der Waals surface area contributed by atoms with Crippen LogP contribution in [0.2, 0.25) is 0 Å². The fraction of sp³-hybridized carbons (Fsp3) is 0.231. The van der Waals surface area contributed by atoms with Gasteiger partial charge in [-0.25, -0.2) is 0 Å². The molecule has 1 heterocycles. The summed E-state index contributed by atoms with van der Waals surface area (Å²) >= 11 is 0. The lowest BCUT2D eigenvalue weighted by Gasteiger charge is -2.10. The number of nitrogens with zero attached hydrogens (tertiary/aromatic N) is 2. The molecule has 0 aliphatic rings. The van der Waals surface area contributed by atoms with Gasteiger partial charge in [0.25, 0.3) is 0 Å². The summed E-state index contributed by atoms with van der Waals surface area (Å²) < 4.78 is 9.92. The number of ether oxygens (including phenoxy) is 1. The predicted molar refractivity (Wildman–Crippen MR) is 72.6 cm³/mol. The number of benzene rings is 1. The molecule has 0 spiro atoms. The molecule has 0 bridgehead atoms. The van der Waals surface area contributed by atoms with Gasteiger partial charge in [0.15, 0.2) is 5.84 Å². The zero-order valence-corrected chi connectivity index (χ0v) is 11.0. The van der Waals surface area contributed by atoms with Gasteiger partial charge in [-0.15, -0.1) is 0 Å². The summed E-state index contributed by atoms with van der Waals surface area (Å²) in [6.07, 6.45) is 1.53. The number of amidine groups is 1. The third-order valence-corrected chi connectivity index (χ3v) is 2.77. The summed E-state index contributed by atoms with van der Waals surface area (Å²) in [4.78, 5) is 0. The lowest BCUT2D eigenvalue weighted by atomic mass is 10.1. The lowest BCUT2D eigenvalue weighted by Crippen LogP contribution is -2.17. The van der Waals surface area contributed by atoms with Crippen molar-refractivity contribution in [3.63, 3.8) is 0 Å². The summed E-state index contributed by atoms with van der Waals surface area (Å²) in [5, 5.41) is 18.8. The highest BCUT2D eigenvalue weighted by molar-refractivity contribution is 5.99. The molecule has 0 unspecified atom stereocenters. The molecular weight excluding hydrogens is 260 g/mol. The molecule has 0 saturated carbocycles. The minimum atomic E-state index is 0.0141. The van der Waals surface area contributed by atoms with E-state index in [-0.39, 0.29) is 5.84 Å². The second-order valence-electron chi connectivity index (χ2n) is 4.11. The average Bonchev–Trinajstić information content (AvgIpc) is 2.99. The van der Waals surface area contributed by atoms with Gasteiger partial charge in [0, 0.05) is 19.2 Å². The van der Waals surface area contributed by atoms with E-state index in [4.69, 9.17) is 20.2 Å². The third kappa shape index (κ3) is 3.27. The van der Waals surface area contributed by atoms with Crippen LogP contribution in [0.25, 0.3) is 0 Å². The largest absolute Gasteiger partial charge is 0.496 e. The number of nitrogens with two attached hydrogens (primary N) is 1. The summed E-state index contributed by atoms with van der Waals surface area (Å²) in [6, 6.07) is 7.29. The van der Waals surface area contributed by atoms with Crippen LogP contribution < -0.4 is 15.8 Å². The first-order chi connectivity index (χ1) is 9.74. The van der Waals surface area contributed by atoms with Crippen LogP contribution in [0.5, 0.6) is 5.75 Å². The Balaban J connectivity index is 2.05. The number of hydrogen-bond acceptors (Lipinski definition) is 6. The van der Waals surface area contributed by atoms with E-state index in [0.717, 1.165) is 11.3 Å². The van der Waals surface area contributed by atoms with Crippen LogP contribution in [-0.2, 0) is 13.1 Å². The maximum absolute atomic E-state index is 8.77. The van der Waals surface area contributed by atoms with Gasteiger partial charge in [-0.3, -0.25) is 0 Å². The minimum Gasteiger partial charge on any atom is -0.496 e. The van der Waals surface area contributed by atoms with Crippen molar-refractivity contribution < 1.29 is 14.5 Å². The highest BCUT2D eigenvalue weighted by Crippen LogP contribution is 2.19. The first kappa shape index (κ1) is 13.9. The van der Waals surface area contributed by atoms with Crippen LogP contribution in [0.15, 0.2) is 40.2 Å². The molecule has 0 radical (unpaired) electrons. The Hall–Kier alpha value is -2.54.